The number of carbonyl (C=O) groups excluding carboxylic acids is 1. The molecular formula is C14H22ClN3O3. The number of anilines is 2. The third-order valence-corrected chi connectivity index (χ3v) is 3.13. The molecule has 0 heterocycles. The number of rotatable bonds is 10. The van der Waals surface area contributed by atoms with Crippen molar-refractivity contribution in [3.05, 3.63) is 22.7 Å². The summed E-state index contributed by atoms with van der Waals surface area (Å²) < 4.78 is 10.2. The van der Waals surface area contributed by atoms with Crippen LogP contribution in [-0.4, -0.2) is 39.4 Å². The van der Waals surface area contributed by atoms with Crippen LogP contribution in [0.4, 0.5) is 11.4 Å². The van der Waals surface area contributed by atoms with Crippen LogP contribution >= 0.6 is 11.6 Å². The average molecular weight is 316 g/mol. The molecule has 0 atom stereocenters. The zero-order valence-electron chi connectivity index (χ0n) is 12.2. The Morgan fingerprint density at radius 2 is 2.05 bits per heavy atom. The van der Waals surface area contributed by atoms with Gasteiger partial charge < -0.3 is 26.3 Å². The summed E-state index contributed by atoms with van der Waals surface area (Å²) in [6.45, 7) is 2.53. The van der Waals surface area contributed by atoms with Crippen LogP contribution in [0.25, 0.3) is 0 Å². The third kappa shape index (κ3) is 6.20. The molecule has 6 nitrogen and oxygen atoms in total. The van der Waals surface area contributed by atoms with Crippen molar-refractivity contribution in [2.45, 2.75) is 12.8 Å². The number of nitrogens with one attached hydrogen (secondary N) is 1. The molecule has 0 radical (unpaired) electrons. The van der Waals surface area contributed by atoms with E-state index in [-0.39, 0.29) is 0 Å². The number of halogens is 1. The quantitative estimate of drug-likeness (QED) is 0.452. The van der Waals surface area contributed by atoms with Crippen LogP contribution in [-0.2, 0) is 9.47 Å². The topological polar surface area (TPSA) is 99.6 Å². The monoisotopic (exact) mass is 315 g/mol. The van der Waals surface area contributed by atoms with Crippen LogP contribution in [0.1, 0.15) is 23.2 Å². The van der Waals surface area contributed by atoms with Crippen LogP contribution in [0, 0.1) is 0 Å². The van der Waals surface area contributed by atoms with E-state index < -0.39 is 5.91 Å². The van der Waals surface area contributed by atoms with Gasteiger partial charge in [0.1, 0.15) is 0 Å². The fourth-order valence-electron chi connectivity index (χ4n) is 1.79. The summed E-state index contributed by atoms with van der Waals surface area (Å²) in [5.41, 5.74) is 12.2. The number of amides is 1. The molecule has 0 aliphatic rings. The minimum absolute atomic E-state index is 0.302. The van der Waals surface area contributed by atoms with Gasteiger partial charge in [0, 0.05) is 25.9 Å². The molecule has 5 N–H and O–H groups in total. The lowest BCUT2D eigenvalue weighted by Crippen LogP contribution is -2.16. The number of nitrogen functional groups attached to an aromatic ring is 1. The summed E-state index contributed by atoms with van der Waals surface area (Å²) in [6, 6.07) is 3.11. The maximum absolute atomic E-state index is 11.4. The van der Waals surface area contributed by atoms with Gasteiger partial charge in [-0.05, 0) is 25.0 Å². The van der Waals surface area contributed by atoms with Crippen LogP contribution in [0.3, 0.4) is 0 Å². The van der Waals surface area contributed by atoms with E-state index in [9.17, 15) is 4.79 Å². The van der Waals surface area contributed by atoms with Gasteiger partial charge in [-0.2, -0.15) is 0 Å². The maximum atomic E-state index is 11.4. The fraction of sp³-hybridized carbons (Fsp3) is 0.500. The Balaban J connectivity index is 2.40. The molecule has 0 saturated heterocycles. The number of ether oxygens (including phenoxy) is 2. The molecular weight excluding hydrogens is 294 g/mol. The highest BCUT2D eigenvalue weighted by atomic mass is 35.5. The molecule has 0 fully saturated rings. The number of hydrogen-bond acceptors (Lipinski definition) is 5. The van der Waals surface area contributed by atoms with Crippen molar-refractivity contribution < 1.29 is 14.3 Å². The Labute approximate surface area is 129 Å². The van der Waals surface area contributed by atoms with Gasteiger partial charge in [-0.3, -0.25) is 4.79 Å². The Bertz CT molecular complexity index is 469. The molecule has 0 aliphatic heterocycles. The van der Waals surface area contributed by atoms with E-state index in [1.54, 1.807) is 13.2 Å². The second-order valence-electron chi connectivity index (χ2n) is 4.53. The smallest absolute Gasteiger partial charge is 0.250 e. The summed E-state index contributed by atoms with van der Waals surface area (Å²) in [6.07, 6.45) is 1.78. The first-order valence-electron chi connectivity index (χ1n) is 6.75. The number of hydrogen-bond donors (Lipinski definition) is 3. The molecule has 1 aromatic rings. The van der Waals surface area contributed by atoms with E-state index in [0.29, 0.717) is 48.3 Å². The molecule has 0 bridgehead atoms. The summed E-state index contributed by atoms with van der Waals surface area (Å²) >= 11 is 6.09. The second kappa shape index (κ2) is 9.44. The predicted molar refractivity (Wildman–Crippen MR) is 84.8 cm³/mol. The Morgan fingerprint density at radius 3 is 2.71 bits per heavy atom. The summed E-state index contributed by atoms with van der Waals surface area (Å²) in [4.78, 5) is 11.4. The maximum Gasteiger partial charge on any atom is 0.250 e. The van der Waals surface area contributed by atoms with E-state index in [0.717, 1.165) is 12.8 Å². The van der Waals surface area contributed by atoms with Gasteiger partial charge in [0.2, 0.25) is 0 Å². The molecule has 1 amide bonds. The zero-order chi connectivity index (χ0) is 15.7. The van der Waals surface area contributed by atoms with Crippen LogP contribution in [0.2, 0.25) is 5.02 Å². The first-order chi connectivity index (χ1) is 10.1. The lowest BCUT2D eigenvalue weighted by molar-refractivity contribution is 0.0691. The molecule has 21 heavy (non-hydrogen) atoms. The first-order valence-corrected chi connectivity index (χ1v) is 7.13. The molecule has 1 aromatic carbocycles. The number of methoxy groups -OCH3 is 1. The highest BCUT2D eigenvalue weighted by molar-refractivity contribution is 6.34. The Hall–Kier alpha value is -1.50. The normalized spacial score (nSPS) is 10.6. The lowest BCUT2D eigenvalue weighted by atomic mass is 10.1. The number of carbonyl (C=O) groups is 1. The molecule has 0 saturated carbocycles. The van der Waals surface area contributed by atoms with Crippen molar-refractivity contribution in [3.8, 4) is 0 Å². The number of nitrogens with two attached hydrogens (primary N) is 2. The van der Waals surface area contributed by atoms with Crippen molar-refractivity contribution in [2.75, 3.05) is 44.5 Å². The fourth-order valence-corrected chi connectivity index (χ4v) is 2.08. The van der Waals surface area contributed by atoms with Crippen molar-refractivity contribution in [1.82, 2.24) is 0 Å². The molecule has 0 aromatic heterocycles. The van der Waals surface area contributed by atoms with E-state index in [1.165, 1.54) is 6.07 Å². The summed E-state index contributed by atoms with van der Waals surface area (Å²) in [5.74, 6) is -0.561. The van der Waals surface area contributed by atoms with E-state index in [4.69, 9.17) is 32.5 Å². The van der Waals surface area contributed by atoms with Gasteiger partial charge >= 0.3 is 0 Å². The number of benzene rings is 1. The van der Waals surface area contributed by atoms with Gasteiger partial charge in [-0.1, -0.05) is 11.6 Å². The van der Waals surface area contributed by atoms with E-state index >= 15 is 0 Å². The number of unbranched alkanes of at least 4 members (excludes halogenated alkanes) is 1. The van der Waals surface area contributed by atoms with Crippen LogP contribution < -0.4 is 16.8 Å². The summed E-state index contributed by atoms with van der Waals surface area (Å²) in [7, 11) is 1.64. The van der Waals surface area contributed by atoms with Gasteiger partial charge in [0.05, 0.1) is 29.5 Å². The molecule has 118 valence electrons. The SMILES string of the molecule is COCCOCCCCNc1c(Cl)cc(N)cc1C(N)=O. The number of primary amides is 1. The van der Waals surface area contributed by atoms with Gasteiger partial charge in [-0.15, -0.1) is 0 Å². The van der Waals surface area contributed by atoms with Gasteiger partial charge in [0.25, 0.3) is 5.91 Å². The summed E-state index contributed by atoms with van der Waals surface area (Å²) in [5, 5.41) is 3.51. The first kappa shape index (κ1) is 17.6. The average Bonchev–Trinajstić information content (AvgIpc) is 2.43. The largest absolute Gasteiger partial charge is 0.399 e. The predicted octanol–water partition coefficient (Wildman–Crippen LogP) is 1.88. The highest BCUT2D eigenvalue weighted by Crippen LogP contribution is 2.28. The van der Waals surface area contributed by atoms with Crippen molar-refractivity contribution in [3.63, 3.8) is 0 Å². The van der Waals surface area contributed by atoms with Crippen molar-refractivity contribution in [2.24, 2.45) is 5.73 Å². The van der Waals surface area contributed by atoms with Gasteiger partial charge in [-0.25, -0.2) is 0 Å². The van der Waals surface area contributed by atoms with E-state index in [1.807, 2.05) is 0 Å². The van der Waals surface area contributed by atoms with E-state index in [2.05, 4.69) is 5.32 Å². The molecule has 7 heteroatoms. The molecule has 1 rings (SSSR count). The van der Waals surface area contributed by atoms with Crippen LogP contribution in [0.15, 0.2) is 12.1 Å². The molecule has 0 unspecified atom stereocenters. The molecule has 0 spiro atoms. The highest BCUT2D eigenvalue weighted by Gasteiger charge is 2.12. The van der Waals surface area contributed by atoms with Gasteiger partial charge in [0.15, 0.2) is 0 Å². The minimum Gasteiger partial charge on any atom is -0.399 e. The zero-order valence-corrected chi connectivity index (χ0v) is 12.9. The van der Waals surface area contributed by atoms with Crippen molar-refractivity contribution >= 4 is 28.9 Å². The molecule has 0 aliphatic carbocycles. The Morgan fingerprint density at radius 1 is 1.29 bits per heavy atom. The Kier molecular flexibility index (Phi) is 7.89. The lowest BCUT2D eigenvalue weighted by Gasteiger charge is -2.13. The third-order valence-electron chi connectivity index (χ3n) is 2.83. The van der Waals surface area contributed by atoms with Crippen LogP contribution in [0.5, 0.6) is 0 Å². The standard InChI is InChI=1S/C14H22ClN3O3/c1-20-6-7-21-5-3-2-4-18-13-11(14(17)19)8-10(16)9-12(13)15/h8-9,18H,2-7,16H2,1H3,(H2,17,19). The minimum atomic E-state index is -0.561. The second-order valence-corrected chi connectivity index (χ2v) is 4.94. The van der Waals surface area contributed by atoms with Crippen molar-refractivity contribution in [1.29, 1.82) is 0 Å².